The first-order chi connectivity index (χ1) is 16.5. The van der Waals surface area contributed by atoms with E-state index in [2.05, 4.69) is 0 Å². The highest BCUT2D eigenvalue weighted by Gasteiger charge is 2.17. The maximum Gasteiger partial charge on any atom is 0.341 e. The summed E-state index contributed by atoms with van der Waals surface area (Å²) in [5.74, 6) is -2.99. The lowest BCUT2D eigenvalue weighted by atomic mass is 10.2. The number of benzene rings is 2. The monoisotopic (exact) mass is 468 g/mol. The molecule has 2 aromatic rings. The third-order valence-electron chi connectivity index (χ3n) is 4.45. The van der Waals surface area contributed by atoms with Gasteiger partial charge in [0.05, 0.1) is 13.2 Å². The quantitative estimate of drug-likeness (QED) is 0.192. The van der Waals surface area contributed by atoms with Crippen molar-refractivity contribution in [3.63, 3.8) is 0 Å². The van der Waals surface area contributed by atoms with Gasteiger partial charge in [0.25, 0.3) is 0 Å². The molecule has 0 saturated heterocycles. The van der Waals surface area contributed by atoms with Gasteiger partial charge in [-0.1, -0.05) is 51.0 Å². The minimum Gasteiger partial charge on any atom is -0.462 e. The van der Waals surface area contributed by atoms with Gasteiger partial charge in [0.15, 0.2) is 0 Å². The first-order valence-corrected chi connectivity index (χ1v) is 11.1. The summed E-state index contributed by atoms with van der Waals surface area (Å²) in [5.41, 5.74) is 0.192. The molecule has 0 aliphatic carbocycles. The van der Waals surface area contributed by atoms with Crippen LogP contribution in [0.15, 0.2) is 60.7 Å². The van der Waals surface area contributed by atoms with Crippen LogP contribution in [-0.4, -0.2) is 37.1 Å². The van der Waals surface area contributed by atoms with E-state index < -0.39 is 23.9 Å². The molecule has 0 spiro atoms. The smallest absolute Gasteiger partial charge is 0.341 e. The standard InChI is InChI=1S/C26H28O8/c1-3-5-17-31-25(29)19-11-7-9-13-21(19)33-23(27)15-16-24(28)34-22-14-10-8-12-20(22)26(30)32-18-6-4-2/h7-16H,3-6,17-18H2,1-2H3/b16-15+. The largest absolute Gasteiger partial charge is 0.462 e. The third kappa shape index (κ3) is 8.54. The van der Waals surface area contributed by atoms with Crippen molar-refractivity contribution in [2.75, 3.05) is 13.2 Å². The number of carbonyl (C=O) groups excluding carboxylic acids is 4. The molecule has 8 heteroatoms. The van der Waals surface area contributed by atoms with Gasteiger partial charge in [-0.15, -0.1) is 0 Å². The van der Waals surface area contributed by atoms with Gasteiger partial charge in [-0.25, -0.2) is 19.2 Å². The Bertz CT molecular complexity index is 943. The summed E-state index contributed by atoms with van der Waals surface area (Å²) in [4.78, 5) is 48.8. The van der Waals surface area contributed by atoms with Crippen molar-refractivity contribution in [2.45, 2.75) is 39.5 Å². The van der Waals surface area contributed by atoms with E-state index in [0.717, 1.165) is 37.8 Å². The van der Waals surface area contributed by atoms with Crippen molar-refractivity contribution in [2.24, 2.45) is 0 Å². The zero-order chi connectivity index (χ0) is 24.8. The van der Waals surface area contributed by atoms with Crippen molar-refractivity contribution in [1.29, 1.82) is 0 Å². The fraction of sp³-hybridized carbons (Fsp3) is 0.308. The van der Waals surface area contributed by atoms with Gasteiger partial charge in [0.1, 0.15) is 22.6 Å². The number of rotatable bonds is 12. The van der Waals surface area contributed by atoms with Crippen LogP contribution in [0.5, 0.6) is 11.5 Å². The molecule has 0 bridgehead atoms. The van der Waals surface area contributed by atoms with Gasteiger partial charge in [-0.3, -0.25) is 0 Å². The number of hydrogen-bond acceptors (Lipinski definition) is 8. The molecule has 0 N–H and O–H groups in total. The summed E-state index contributed by atoms with van der Waals surface area (Å²) in [6.45, 7) is 4.46. The molecule has 0 aromatic heterocycles. The molecule has 34 heavy (non-hydrogen) atoms. The van der Waals surface area contributed by atoms with Crippen molar-refractivity contribution >= 4 is 23.9 Å². The van der Waals surface area contributed by atoms with Crippen molar-refractivity contribution in [3.05, 3.63) is 71.8 Å². The van der Waals surface area contributed by atoms with Gasteiger partial charge < -0.3 is 18.9 Å². The third-order valence-corrected chi connectivity index (χ3v) is 4.45. The molecule has 0 radical (unpaired) electrons. The Balaban J connectivity index is 1.99. The van der Waals surface area contributed by atoms with Crippen LogP contribution in [0.25, 0.3) is 0 Å². The Hall–Kier alpha value is -3.94. The predicted octanol–water partition coefficient (Wildman–Crippen LogP) is 4.67. The number of unbranched alkanes of at least 4 members (excludes halogenated alkanes) is 2. The van der Waals surface area contributed by atoms with E-state index in [1.807, 2.05) is 13.8 Å². The maximum atomic E-state index is 12.2. The van der Waals surface area contributed by atoms with Gasteiger partial charge in [-0.2, -0.15) is 0 Å². The first kappa shape index (κ1) is 26.3. The highest BCUT2D eigenvalue weighted by Crippen LogP contribution is 2.21. The predicted molar refractivity (Wildman–Crippen MR) is 124 cm³/mol. The summed E-state index contributed by atoms with van der Waals surface area (Å²) in [6, 6.07) is 12.3. The van der Waals surface area contributed by atoms with E-state index in [1.165, 1.54) is 24.3 Å². The van der Waals surface area contributed by atoms with Crippen LogP contribution in [0, 0.1) is 0 Å². The molecule has 0 fully saturated rings. The second-order valence-electron chi connectivity index (χ2n) is 7.15. The van der Waals surface area contributed by atoms with E-state index in [0.29, 0.717) is 0 Å². The zero-order valence-corrected chi connectivity index (χ0v) is 19.3. The van der Waals surface area contributed by atoms with Gasteiger partial charge in [0.2, 0.25) is 0 Å². The molecule has 180 valence electrons. The number of esters is 4. The summed E-state index contributed by atoms with van der Waals surface area (Å²) >= 11 is 0. The molecule has 0 unspecified atom stereocenters. The Morgan fingerprint density at radius 2 is 1.03 bits per heavy atom. The van der Waals surface area contributed by atoms with Crippen LogP contribution in [0.3, 0.4) is 0 Å². The van der Waals surface area contributed by atoms with E-state index in [9.17, 15) is 19.2 Å². The minimum atomic E-state index is -0.891. The molecule has 0 atom stereocenters. The van der Waals surface area contributed by atoms with Gasteiger partial charge in [0, 0.05) is 12.2 Å². The van der Waals surface area contributed by atoms with Crippen LogP contribution in [-0.2, 0) is 19.1 Å². The molecule has 0 aliphatic rings. The molecule has 0 aliphatic heterocycles. The van der Waals surface area contributed by atoms with E-state index in [1.54, 1.807) is 24.3 Å². The van der Waals surface area contributed by atoms with E-state index >= 15 is 0 Å². The number of hydrogen-bond donors (Lipinski definition) is 0. The fourth-order valence-corrected chi connectivity index (χ4v) is 2.64. The second kappa shape index (κ2) is 14.3. The average molecular weight is 469 g/mol. The molecule has 8 nitrogen and oxygen atoms in total. The lowest BCUT2D eigenvalue weighted by Crippen LogP contribution is -2.13. The van der Waals surface area contributed by atoms with Crippen LogP contribution in [0.2, 0.25) is 0 Å². The lowest BCUT2D eigenvalue weighted by Gasteiger charge is -2.09. The zero-order valence-electron chi connectivity index (χ0n) is 19.3. The summed E-state index contributed by atoms with van der Waals surface area (Å²) < 4.78 is 20.7. The SMILES string of the molecule is CCCCOC(=O)c1ccccc1OC(=O)/C=C/C(=O)Oc1ccccc1C(=O)OCCCC. The Morgan fingerprint density at radius 1 is 0.647 bits per heavy atom. The van der Waals surface area contributed by atoms with Crippen LogP contribution >= 0.6 is 0 Å². The Kier molecular flexibility index (Phi) is 11.0. The average Bonchev–Trinajstić information content (AvgIpc) is 2.83. The van der Waals surface area contributed by atoms with Crippen LogP contribution in [0.4, 0.5) is 0 Å². The van der Waals surface area contributed by atoms with Crippen molar-refractivity contribution in [1.82, 2.24) is 0 Å². The molecular weight excluding hydrogens is 440 g/mol. The molecule has 0 saturated carbocycles. The fourth-order valence-electron chi connectivity index (χ4n) is 2.64. The topological polar surface area (TPSA) is 105 Å². The number of carbonyl (C=O) groups is 4. The Morgan fingerprint density at radius 3 is 1.41 bits per heavy atom. The first-order valence-electron chi connectivity index (χ1n) is 11.1. The van der Waals surface area contributed by atoms with Gasteiger partial charge >= 0.3 is 23.9 Å². The number of para-hydroxylation sites is 2. The molecule has 2 rings (SSSR count). The highest BCUT2D eigenvalue weighted by molar-refractivity contribution is 5.97. The highest BCUT2D eigenvalue weighted by atomic mass is 16.6. The van der Waals surface area contributed by atoms with Crippen molar-refractivity contribution in [3.8, 4) is 11.5 Å². The van der Waals surface area contributed by atoms with Crippen LogP contribution in [0.1, 0.15) is 60.2 Å². The molecule has 0 amide bonds. The summed E-state index contributed by atoms with van der Waals surface area (Å²) in [6.07, 6.45) is 4.91. The summed E-state index contributed by atoms with van der Waals surface area (Å²) in [5, 5.41) is 0. The number of ether oxygens (including phenoxy) is 4. The van der Waals surface area contributed by atoms with Crippen molar-refractivity contribution < 1.29 is 38.1 Å². The molecule has 2 aromatic carbocycles. The molecular formula is C26H28O8. The van der Waals surface area contributed by atoms with Crippen LogP contribution < -0.4 is 9.47 Å². The Labute approximate surface area is 198 Å². The lowest BCUT2D eigenvalue weighted by molar-refractivity contribution is -0.131. The normalized spacial score (nSPS) is 10.5. The molecule has 0 heterocycles. The maximum absolute atomic E-state index is 12.2. The minimum absolute atomic E-state index is 0.00665. The van der Waals surface area contributed by atoms with E-state index in [-0.39, 0.29) is 35.8 Å². The van der Waals surface area contributed by atoms with Gasteiger partial charge in [-0.05, 0) is 37.1 Å². The second-order valence-corrected chi connectivity index (χ2v) is 7.15. The van der Waals surface area contributed by atoms with E-state index in [4.69, 9.17) is 18.9 Å². The summed E-state index contributed by atoms with van der Waals surface area (Å²) in [7, 11) is 0.